The molecule has 44 heavy (non-hydrogen) atoms. The number of nitrogens with one attached hydrogen (secondary N) is 2. The first-order valence-corrected chi connectivity index (χ1v) is 15.3. The van der Waals surface area contributed by atoms with Gasteiger partial charge in [0.1, 0.15) is 17.4 Å². The number of nitrogens with zero attached hydrogens (tertiary/aromatic N) is 1. The van der Waals surface area contributed by atoms with Crippen molar-refractivity contribution in [3.8, 4) is 5.75 Å². The Morgan fingerprint density at radius 3 is 2.25 bits per heavy atom. The van der Waals surface area contributed by atoms with Crippen molar-refractivity contribution in [2.45, 2.75) is 50.5 Å². The maximum atomic E-state index is 14.6. The highest BCUT2D eigenvalue weighted by atomic mass is 35.5. The van der Waals surface area contributed by atoms with Crippen molar-refractivity contribution < 1.29 is 29.0 Å². The van der Waals surface area contributed by atoms with Gasteiger partial charge in [-0.3, -0.25) is 14.4 Å². The number of benzene rings is 3. The number of halogens is 1. The van der Waals surface area contributed by atoms with Crippen molar-refractivity contribution >= 4 is 40.7 Å². The Balaban J connectivity index is 1.40. The zero-order valence-electron chi connectivity index (χ0n) is 24.8. The van der Waals surface area contributed by atoms with E-state index in [2.05, 4.69) is 10.6 Å². The molecule has 3 fully saturated rings. The van der Waals surface area contributed by atoms with E-state index in [1.54, 1.807) is 48.5 Å². The molecular weight excluding hydrogens is 582 g/mol. The van der Waals surface area contributed by atoms with Crippen molar-refractivity contribution in [3.63, 3.8) is 0 Å². The fourth-order valence-corrected chi connectivity index (χ4v) is 7.63. The van der Waals surface area contributed by atoms with E-state index in [0.29, 0.717) is 40.7 Å². The Kier molecular flexibility index (Phi) is 7.90. The molecule has 6 rings (SSSR count). The number of carbonyl (C=O) groups is 3. The summed E-state index contributed by atoms with van der Waals surface area (Å²) < 4.78 is 12.3. The third-order valence-corrected chi connectivity index (χ3v) is 9.77. The molecule has 230 valence electrons. The molecule has 0 saturated carbocycles. The molecule has 3 aliphatic heterocycles. The standard InChI is InChI=1S/C34H36ClN3O6/c1-4-43-25-16-14-24(15-17-25)36-30(40)27-28-32(42)38(26(19-39)21-8-6-5-7-9-21)29(34(28)18-20(2)33(27,3)44-34)31(41)37-23-12-10-22(35)11-13-23/h5-17,20,26-29,39H,4,18-19H2,1-3H3,(H,36,40)(H,37,41)/t20?,26-,27-,28+,29?,33+,34?/m1/s1. The Morgan fingerprint density at radius 1 is 1.02 bits per heavy atom. The van der Waals surface area contributed by atoms with Crippen LogP contribution in [0.1, 0.15) is 38.8 Å². The van der Waals surface area contributed by atoms with Gasteiger partial charge in [0, 0.05) is 16.4 Å². The Morgan fingerprint density at radius 2 is 1.64 bits per heavy atom. The van der Waals surface area contributed by atoms with Gasteiger partial charge in [0.25, 0.3) is 0 Å². The van der Waals surface area contributed by atoms with E-state index in [1.807, 2.05) is 51.1 Å². The number of hydrogen-bond acceptors (Lipinski definition) is 6. The summed E-state index contributed by atoms with van der Waals surface area (Å²) in [6.07, 6.45) is 0.398. The van der Waals surface area contributed by atoms with E-state index in [9.17, 15) is 19.5 Å². The lowest BCUT2D eigenvalue weighted by atomic mass is 9.62. The van der Waals surface area contributed by atoms with Gasteiger partial charge >= 0.3 is 0 Å². The minimum absolute atomic E-state index is 0.141. The van der Waals surface area contributed by atoms with Gasteiger partial charge in [-0.05, 0) is 80.3 Å². The van der Waals surface area contributed by atoms with Crippen LogP contribution < -0.4 is 15.4 Å². The summed E-state index contributed by atoms with van der Waals surface area (Å²) in [7, 11) is 0. The number of fused-ring (bicyclic) bond motifs is 1. The first-order valence-electron chi connectivity index (χ1n) is 14.9. The number of likely N-dealkylation sites (tertiary alicyclic amines) is 1. The van der Waals surface area contributed by atoms with Crippen molar-refractivity contribution in [3.05, 3.63) is 89.4 Å². The van der Waals surface area contributed by atoms with E-state index >= 15 is 0 Å². The van der Waals surface area contributed by atoms with Gasteiger partial charge in [-0.1, -0.05) is 48.9 Å². The highest BCUT2D eigenvalue weighted by molar-refractivity contribution is 6.30. The summed E-state index contributed by atoms with van der Waals surface area (Å²) >= 11 is 6.07. The number of aliphatic hydroxyl groups excluding tert-OH is 1. The van der Waals surface area contributed by atoms with Crippen molar-refractivity contribution in [1.29, 1.82) is 0 Å². The number of rotatable bonds is 9. The number of hydrogen-bond donors (Lipinski definition) is 3. The van der Waals surface area contributed by atoms with Crippen LogP contribution in [0.2, 0.25) is 5.02 Å². The second kappa shape index (κ2) is 11.5. The van der Waals surface area contributed by atoms with E-state index in [4.69, 9.17) is 21.1 Å². The maximum Gasteiger partial charge on any atom is 0.250 e. The molecule has 0 radical (unpaired) electrons. The fourth-order valence-electron chi connectivity index (χ4n) is 7.51. The number of carbonyl (C=O) groups excluding carboxylic acids is 3. The molecule has 1 spiro atoms. The Hall–Kier alpha value is -3.92. The highest BCUT2D eigenvalue weighted by Crippen LogP contribution is 2.66. The predicted octanol–water partition coefficient (Wildman–Crippen LogP) is 5.06. The molecule has 0 aliphatic carbocycles. The summed E-state index contributed by atoms with van der Waals surface area (Å²) in [5.74, 6) is -2.49. The number of amides is 3. The topological polar surface area (TPSA) is 117 Å². The summed E-state index contributed by atoms with van der Waals surface area (Å²) in [6, 6.07) is 20.9. The van der Waals surface area contributed by atoms with Crippen molar-refractivity contribution in [1.82, 2.24) is 4.90 Å². The normalized spacial score (nSPS) is 29.3. The van der Waals surface area contributed by atoms with Gasteiger partial charge in [0.15, 0.2) is 0 Å². The zero-order chi connectivity index (χ0) is 31.2. The largest absolute Gasteiger partial charge is 0.494 e. The molecule has 3 aliphatic rings. The molecule has 3 saturated heterocycles. The van der Waals surface area contributed by atoms with Crippen LogP contribution in [0.5, 0.6) is 5.75 Å². The quantitative estimate of drug-likeness (QED) is 0.309. The Bertz CT molecular complexity index is 1550. The lowest BCUT2D eigenvalue weighted by Gasteiger charge is -2.37. The molecule has 9 nitrogen and oxygen atoms in total. The van der Waals surface area contributed by atoms with Gasteiger partial charge < -0.3 is 30.1 Å². The van der Waals surface area contributed by atoms with Crippen LogP contribution in [-0.4, -0.2) is 58.2 Å². The van der Waals surface area contributed by atoms with Gasteiger partial charge in [0.2, 0.25) is 17.7 Å². The van der Waals surface area contributed by atoms with Crippen molar-refractivity contribution in [2.24, 2.45) is 17.8 Å². The molecule has 3 amide bonds. The third-order valence-electron chi connectivity index (χ3n) is 9.52. The molecule has 3 aromatic rings. The molecular formula is C34H36ClN3O6. The second-order valence-corrected chi connectivity index (χ2v) is 12.4. The molecule has 0 aromatic heterocycles. The second-order valence-electron chi connectivity index (χ2n) is 12.0. The van der Waals surface area contributed by atoms with Crippen LogP contribution in [0.4, 0.5) is 11.4 Å². The first-order chi connectivity index (χ1) is 21.1. The van der Waals surface area contributed by atoms with Crippen LogP contribution in [-0.2, 0) is 19.1 Å². The van der Waals surface area contributed by atoms with E-state index in [-0.39, 0.29) is 11.8 Å². The van der Waals surface area contributed by atoms with Crippen LogP contribution in [0, 0.1) is 17.8 Å². The van der Waals surface area contributed by atoms with Gasteiger partial charge in [-0.25, -0.2) is 0 Å². The smallest absolute Gasteiger partial charge is 0.250 e. The lowest BCUT2D eigenvalue weighted by Crippen LogP contribution is -2.54. The van der Waals surface area contributed by atoms with E-state index < -0.39 is 53.5 Å². The number of aliphatic hydroxyl groups is 1. The summed E-state index contributed by atoms with van der Waals surface area (Å²) in [4.78, 5) is 44.5. The highest BCUT2D eigenvalue weighted by Gasteiger charge is 2.80. The van der Waals surface area contributed by atoms with E-state index in [0.717, 1.165) is 0 Å². The SMILES string of the molecule is CCOc1ccc(NC(=O)[C@H]2[C@H]3C(=O)N([C@H](CO)c4ccccc4)C(C(=O)Nc4ccc(Cl)cc4)C34CC(C)[C@]2(C)O4)cc1. The van der Waals surface area contributed by atoms with E-state index in [1.165, 1.54) is 4.90 Å². The number of ether oxygens (including phenoxy) is 2. The monoisotopic (exact) mass is 617 g/mol. The van der Waals surface area contributed by atoms with Gasteiger partial charge in [-0.15, -0.1) is 0 Å². The summed E-state index contributed by atoms with van der Waals surface area (Å²) in [5.41, 5.74) is -0.549. The number of anilines is 2. The predicted molar refractivity (Wildman–Crippen MR) is 166 cm³/mol. The van der Waals surface area contributed by atoms with Crippen molar-refractivity contribution in [2.75, 3.05) is 23.8 Å². The molecule has 3 N–H and O–H groups in total. The molecule has 7 atom stereocenters. The van der Waals surface area contributed by atoms with Gasteiger partial charge in [-0.2, -0.15) is 0 Å². The molecule has 3 unspecified atom stereocenters. The first kappa shape index (κ1) is 30.1. The van der Waals surface area contributed by atoms with Gasteiger partial charge in [0.05, 0.1) is 36.7 Å². The molecule has 10 heteroatoms. The average Bonchev–Trinajstić information content (AvgIpc) is 3.53. The zero-order valence-corrected chi connectivity index (χ0v) is 25.6. The van der Waals surface area contributed by atoms with Crippen LogP contribution in [0.15, 0.2) is 78.9 Å². The molecule has 3 heterocycles. The maximum absolute atomic E-state index is 14.6. The molecule has 2 bridgehead atoms. The minimum atomic E-state index is -1.29. The third kappa shape index (κ3) is 4.83. The Labute approximate surface area is 261 Å². The summed E-state index contributed by atoms with van der Waals surface area (Å²) in [6.45, 7) is 5.85. The van der Waals surface area contributed by atoms with Crippen LogP contribution in [0.3, 0.4) is 0 Å². The van der Waals surface area contributed by atoms with Crippen LogP contribution >= 0.6 is 11.6 Å². The summed E-state index contributed by atoms with van der Waals surface area (Å²) in [5, 5.41) is 17.1. The average molecular weight is 618 g/mol. The lowest BCUT2D eigenvalue weighted by molar-refractivity contribution is -0.148. The molecule has 3 aromatic carbocycles. The van der Waals surface area contributed by atoms with Crippen LogP contribution in [0.25, 0.3) is 0 Å². The minimum Gasteiger partial charge on any atom is -0.494 e. The fraction of sp³-hybridized carbons (Fsp3) is 0.382.